The molecule has 3 rings (SSSR count). The van der Waals surface area contributed by atoms with Gasteiger partial charge in [0.05, 0.1) is 12.0 Å². The fourth-order valence-corrected chi connectivity index (χ4v) is 2.92. The quantitative estimate of drug-likeness (QED) is 0.839. The molecule has 1 aromatic carbocycles. The minimum absolute atomic E-state index is 0.120. The van der Waals surface area contributed by atoms with Crippen molar-refractivity contribution >= 4 is 17.5 Å². The zero-order valence-corrected chi connectivity index (χ0v) is 12.8. The molecule has 1 atom stereocenters. The van der Waals surface area contributed by atoms with Crippen LogP contribution in [0.25, 0.3) is 0 Å². The lowest BCUT2D eigenvalue weighted by Gasteiger charge is -2.40. The van der Waals surface area contributed by atoms with Crippen molar-refractivity contribution in [2.45, 2.75) is 18.7 Å². The zero-order chi connectivity index (χ0) is 17.3. The number of hydrogen-bond acceptors (Lipinski definition) is 3. The van der Waals surface area contributed by atoms with E-state index in [4.69, 9.17) is 4.74 Å². The molecule has 2 amide bonds. The number of rotatable bonds is 4. The lowest BCUT2D eigenvalue weighted by molar-refractivity contribution is -0.200. The van der Waals surface area contributed by atoms with Crippen LogP contribution in [-0.4, -0.2) is 55.2 Å². The topological polar surface area (TPSA) is 49.9 Å². The molecule has 2 saturated heterocycles. The van der Waals surface area contributed by atoms with Crippen molar-refractivity contribution in [3.8, 4) is 0 Å². The first-order chi connectivity index (χ1) is 11.3. The summed E-state index contributed by atoms with van der Waals surface area (Å²) < 4.78 is 40.9. The number of nitrogens with zero attached hydrogens (tertiary/aromatic N) is 2. The number of carbonyl (C=O) groups is 2. The molecule has 0 radical (unpaired) electrons. The molecule has 0 spiro atoms. The van der Waals surface area contributed by atoms with Crippen LogP contribution in [0.3, 0.4) is 0 Å². The predicted octanol–water partition coefficient (Wildman–Crippen LogP) is 1.83. The van der Waals surface area contributed by atoms with Gasteiger partial charge in [0.1, 0.15) is 6.61 Å². The summed E-state index contributed by atoms with van der Waals surface area (Å²) in [7, 11) is 0. The van der Waals surface area contributed by atoms with Gasteiger partial charge in [-0.3, -0.25) is 9.59 Å². The fourth-order valence-electron chi connectivity index (χ4n) is 2.92. The Hall–Kier alpha value is -2.09. The average molecular weight is 342 g/mol. The summed E-state index contributed by atoms with van der Waals surface area (Å²) in [5.41, 5.74) is 0.743. The van der Waals surface area contributed by atoms with E-state index in [1.54, 1.807) is 17.0 Å². The van der Waals surface area contributed by atoms with Crippen LogP contribution < -0.4 is 4.90 Å². The molecular weight excluding hydrogens is 325 g/mol. The number of benzene rings is 1. The van der Waals surface area contributed by atoms with Crippen LogP contribution in [0.5, 0.6) is 0 Å². The maximum atomic E-state index is 12.4. The fraction of sp³-hybridized carbons (Fsp3) is 0.500. The lowest BCUT2D eigenvalue weighted by Crippen LogP contribution is -2.57. The molecule has 2 aliphatic heterocycles. The molecule has 130 valence electrons. The van der Waals surface area contributed by atoms with Gasteiger partial charge in [0.2, 0.25) is 11.8 Å². The van der Waals surface area contributed by atoms with Crippen molar-refractivity contribution in [2.75, 3.05) is 31.1 Å². The third-order valence-corrected chi connectivity index (χ3v) is 4.18. The number of carbonyl (C=O) groups excluding carboxylic acids is 2. The SMILES string of the molecule is O=C(C1CC(=O)N(c2ccccc2)C1)N1CC(OCC(F)(F)F)C1. The summed E-state index contributed by atoms with van der Waals surface area (Å²) >= 11 is 0. The van der Waals surface area contributed by atoms with Crippen LogP contribution in [0.4, 0.5) is 18.9 Å². The van der Waals surface area contributed by atoms with E-state index in [0.717, 1.165) is 5.69 Å². The molecule has 0 N–H and O–H groups in total. The Labute approximate surface area is 137 Å². The first-order valence-electron chi connectivity index (χ1n) is 7.66. The molecule has 2 aliphatic rings. The van der Waals surface area contributed by atoms with Gasteiger partial charge in [-0.1, -0.05) is 18.2 Å². The van der Waals surface area contributed by atoms with Crippen molar-refractivity contribution in [2.24, 2.45) is 5.92 Å². The Morgan fingerprint density at radius 1 is 1.17 bits per heavy atom. The van der Waals surface area contributed by atoms with E-state index in [-0.39, 0.29) is 31.3 Å². The van der Waals surface area contributed by atoms with Gasteiger partial charge in [-0.15, -0.1) is 0 Å². The van der Waals surface area contributed by atoms with E-state index in [2.05, 4.69) is 0 Å². The van der Waals surface area contributed by atoms with E-state index in [1.165, 1.54) is 4.90 Å². The highest BCUT2D eigenvalue weighted by molar-refractivity contribution is 6.00. The lowest BCUT2D eigenvalue weighted by atomic mass is 10.0. The largest absolute Gasteiger partial charge is 0.411 e. The smallest absolute Gasteiger partial charge is 0.365 e. The third-order valence-electron chi connectivity index (χ3n) is 4.18. The monoisotopic (exact) mass is 342 g/mol. The first kappa shape index (κ1) is 16.8. The number of halogens is 3. The van der Waals surface area contributed by atoms with Gasteiger partial charge in [-0.25, -0.2) is 0 Å². The Bertz CT molecular complexity index is 615. The van der Waals surface area contributed by atoms with Gasteiger partial charge >= 0.3 is 6.18 Å². The number of amides is 2. The highest BCUT2D eigenvalue weighted by atomic mass is 19.4. The Balaban J connectivity index is 1.50. The van der Waals surface area contributed by atoms with E-state index in [0.29, 0.717) is 6.54 Å². The molecule has 5 nitrogen and oxygen atoms in total. The Kier molecular flexibility index (Phi) is 4.49. The third kappa shape index (κ3) is 3.69. The summed E-state index contributed by atoms with van der Waals surface area (Å²) in [5, 5.41) is 0. The highest BCUT2D eigenvalue weighted by Crippen LogP contribution is 2.28. The van der Waals surface area contributed by atoms with E-state index >= 15 is 0 Å². The van der Waals surface area contributed by atoms with Gasteiger partial charge < -0.3 is 14.5 Å². The first-order valence-corrected chi connectivity index (χ1v) is 7.66. The van der Waals surface area contributed by atoms with Crippen LogP contribution >= 0.6 is 0 Å². The molecule has 0 aromatic heterocycles. The number of ether oxygens (including phenoxy) is 1. The minimum Gasteiger partial charge on any atom is -0.365 e. The average Bonchev–Trinajstić information content (AvgIpc) is 2.87. The predicted molar refractivity (Wildman–Crippen MR) is 79.3 cm³/mol. The second-order valence-electron chi connectivity index (χ2n) is 6.03. The molecule has 2 fully saturated rings. The molecule has 0 bridgehead atoms. The molecule has 1 unspecified atom stereocenters. The molecule has 0 saturated carbocycles. The van der Waals surface area contributed by atoms with E-state index in [1.807, 2.05) is 18.2 Å². The minimum atomic E-state index is -4.36. The van der Waals surface area contributed by atoms with Crippen molar-refractivity contribution < 1.29 is 27.5 Å². The summed E-state index contributed by atoms with van der Waals surface area (Å²) in [5.74, 6) is -0.778. The van der Waals surface area contributed by atoms with Crippen molar-refractivity contribution in [3.63, 3.8) is 0 Å². The standard InChI is InChI=1S/C16H17F3N2O3/c17-16(18,19)10-24-13-8-20(9-13)15(23)11-6-14(22)21(7-11)12-4-2-1-3-5-12/h1-5,11,13H,6-10H2. The number of para-hydroxylation sites is 1. The van der Waals surface area contributed by atoms with Crippen LogP contribution in [0.2, 0.25) is 0 Å². The van der Waals surface area contributed by atoms with Crippen LogP contribution in [0, 0.1) is 5.92 Å². The van der Waals surface area contributed by atoms with Gasteiger partial charge in [0.15, 0.2) is 0 Å². The summed E-state index contributed by atoms with van der Waals surface area (Å²) in [6.07, 6.45) is -4.82. The Morgan fingerprint density at radius 3 is 2.46 bits per heavy atom. The van der Waals surface area contributed by atoms with Crippen LogP contribution in [-0.2, 0) is 14.3 Å². The van der Waals surface area contributed by atoms with Crippen molar-refractivity contribution in [1.82, 2.24) is 4.90 Å². The maximum absolute atomic E-state index is 12.4. The summed E-state index contributed by atoms with van der Waals surface area (Å²) in [4.78, 5) is 27.5. The van der Waals surface area contributed by atoms with E-state index < -0.39 is 24.8 Å². The second-order valence-corrected chi connectivity index (χ2v) is 6.03. The normalized spacial score (nSPS) is 22.0. The number of alkyl halides is 3. The highest BCUT2D eigenvalue weighted by Gasteiger charge is 2.42. The molecular formula is C16H17F3N2O3. The van der Waals surface area contributed by atoms with Crippen LogP contribution in [0.1, 0.15) is 6.42 Å². The molecule has 8 heteroatoms. The summed E-state index contributed by atoms with van der Waals surface area (Å²) in [6, 6.07) is 9.07. The second kappa shape index (κ2) is 6.43. The van der Waals surface area contributed by atoms with Gasteiger partial charge in [0, 0.05) is 31.7 Å². The van der Waals surface area contributed by atoms with Gasteiger partial charge in [0.25, 0.3) is 0 Å². The van der Waals surface area contributed by atoms with Gasteiger partial charge in [-0.05, 0) is 12.1 Å². The Morgan fingerprint density at radius 2 is 1.83 bits per heavy atom. The number of likely N-dealkylation sites (tertiary alicyclic amines) is 1. The number of hydrogen-bond donors (Lipinski definition) is 0. The summed E-state index contributed by atoms with van der Waals surface area (Å²) in [6.45, 7) is -0.717. The molecule has 0 aliphatic carbocycles. The molecule has 2 heterocycles. The maximum Gasteiger partial charge on any atom is 0.411 e. The zero-order valence-electron chi connectivity index (χ0n) is 12.8. The van der Waals surface area contributed by atoms with Gasteiger partial charge in [-0.2, -0.15) is 13.2 Å². The molecule has 24 heavy (non-hydrogen) atoms. The van der Waals surface area contributed by atoms with Crippen LogP contribution in [0.15, 0.2) is 30.3 Å². The van der Waals surface area contributed by atoms with E-state index in [9.17, 15) is 22.8 Å². The molecule has 1 aromatic rings. The van der Waals surface area contributed by atoms with Crippen molar-refractivity contribution in [3.05, 3.63) is 30.3 Å². The number of anilines is 1. The van der Waals surface area contributed by atoms with Crippen molar-refractivity contribution in [1.29, 1.82) is 0 Å².